The van der Waals surface area contributed by atoms with Crippen molar-refractivity contribution in [3.05, 3.63) is 21.9 Å². The molecule has 0 aromatic carbocycles. The van der Waals surface area contributed by atoms with Crippen LogP contribution in [0.4, 0.5) is 0 Å². The minimum absolute atomic E-state index is 0.0399. The molecule has 0 unspecified atom stereocenters. The Morgan fingerprint density at radius 3 is 2.41 bits per heavy atom. The first-order chi connectivity index (χ1) is 7.84. The molecule has 0 saturated heterocycles. The lowest BCUT2D eigenvalue weighted by atomic mass is 9.91. The second-order valence-corrected chi connectivity index (χ2v) is 6.14. The van der Waals surface area contributed by atoms with Crippen LogP contribution in [0.15, 0.2) is 12.1 Å². The zero-order chi connectivity index (χ0) is 13.1. The van der Waals surface area contributed by atoms with Crippen LogP contribution in [0.2, 0.25) is 0 Å². The molecule has 0 saturated carbocycles. The highest BCUT2D eigenvalue weighted by Gasteiger charge is 2.21. The van der Waals surface area contributed by atoms with E-state index in [-0.39, 0.29) is 18.2 Å². The monoisotopic (exact) mass is 253 g/mol. The molecule has 1 amide bonds. The number of carbonyl (C=O) groups excluding carboxylic acids is 2. The highest BCUT2D eigenvalue weighted by Crippen LogP contribution is 2.17. The number of nitrogens with one attached hydrogen (secondary N) is 1. The average Bonchev–Trinajstić information content (AvgIpc) is 2.72. The van der Waals surface area contributed by atoms with E-state index in [0.717, 1.165) is 6.42 Å². The molecule has 1 heterocycles. The van der Waals surface area contributed by atoms with Gasteiger partial charge in [-0.1, -0.05) is 27.7 Å². The van der Waals surface area contributed by atoms with E-state index >= 15 is 0 Å². The molecule has 0 spiro atoms. The van der Waals surface area contributed by atoms with Gasteiger partial charge in [0.2, 0.25) is 0 Å². The molecule has 0 aliphatic heterocycles. The molecular formula is C13H19NO2S. The maximum atomic E-state index is 11.8. The van der Waals surface area contributed by atoms with Crippen molar-refractivity contribution >= 4 is 23.0 Å². The minimum Gasteiger partial charge on any atom is -0.344 e. The number of aryl methyl sites for hydroxylation is 1. The Labute approximate surface area is 106 Å². The molecule has 94 valence electrons. The third-order valence-corrected chi connectivity index (χ3v) is 3.71. The molecule has 0 bridgehead atoms. The Bertz CT molecular complexity index is 415. The number of hydrogen-bond acceptors (Lipinski definition) is 3. The smallest absolute Gasteiger partial charge is 0.261 e. The van der Waals surface area contributed by atoms with Crippen LogP contribution in [-0.4, -0.2) is 18.2 Å². The Kier molecular flexibility index (Phi) is 4.46. The van der Waals surface area contributed by atoms with Crippen molar-refractivity contribution < 1.29 is 9.59 Å². The number of carbonyl (C=O) groups is 2. The standard InChI is InChI=1S/C13H19NO2S/c1-5-9-6-7-10(17-9)12(16)14-8-11(15)13(2,3)4/h6-7H,5,8H2,1-4H3,(H,14,16). The molecule has 3 nitrogen and oxygen atoms in total. The normalized spacial score (nSPS) is 11.3. The Balaban J connectivity index is 2.53. The first-order valence-electron chi connectivity index (χ1n) is 5.74. The molecule has 17 heavy (non-hydrogen) atoms. The SMILES string of the molecule is CCc1ccc(C(=O)NCC(=O)C(C)(C)C)s1. The summed E-state index contributed by atoms with van der Waals surface area (Å²) in [6.07, 6.45) is 0.929. The fourth-order valence-electron chi connectivity index (χ4n) is 1.20. The minimum atomic E-state index is -0.405. The van der Waals surface area contributed by atoms with Crippen molar-refractivity contribution in [1.29, 1.82) is 0 Å². The average molecular weight is 253 g/mol. The van der Waals surface area contributed by atoms with Crippen molar-refractivity contribution in [2.24, 2.45) is 5.41 Å². The summed E-state index contributed by atoms with van der Waals surface area (Å²) in [7, 11) is 0. The van der Waals surface area contributed by atoms with Crippen LogP contribution in [0.25, 0.3) is 0 Å². The van der Waals surface area contributed by atoms with Crippen LogP contribution < -0.4 is 5.32 Å². The molecule has 4 heteroatoms. The van der Waals surface area contributed by atoms with Crippen molar-refractivity contribution in [1.82, 2.24) is 5.32 Å². The second kappa shape index (κ2) is 5.45. The van der Waals surface area contributed by atoms with Gasteiger partial charge in [0, 0.05) is 10.3 Å². The summed E-state index contributed by atoms with van der Waals surface area (Å²) in [5, 5.41) is 2.66. The van der Waals surface area contributed by atoms with Gasteiger partial charge in [-0.05, 0) is 18.6 Å². The summed E-state index contributed by atoms with van der Waals surface area (Å²) in [4.78, 5) is 25.3. The Hall–Kier alpha value is -1.16. The lowest BCUT2D eigenvalue weighted by Crippen LogP contribution is -2.35. The lowest BCUT2D eigenvalue weighted by Gasteiger charge is -2.16. The van der Waals surface area contributed by atoms with Crippen LogP contribution >= 0.6 is 11.3 Å². The van der Waals surface area contributed by atoms with Crippen LogP contribution in [0.3, 0.4) is 0 Å². The van der Waals surface area contributed by atoms with Crippen LogP contribution in [0.1, 0.15) is 42.2 Å². The topological polar surface area (TPSA) is 46.2 Å². The molecule has 0 atom stereocenters. The van der Waals surface area contributed by atoms with Gasteiger partial charge in [-0.3, -0.25) is 9.59 Å². The summed E-state index contributed by atoms with van der Waals surface area (Å²) in [5.74, 6) is -0.120. The van der Waals surface area contributed by atoms with Gasteiger partial charge in [0.05, 0.1) is 11.4 Å². The predicted octanol–water partition coefficient (Wildman–Crippen LogP) is 2.66. The highest BCUT2D eigenvalue weighted by molar-refractivity contribution is 7.14. The summed E-state index contributed by atoms with van der Waals surface area (Å²) in [5.41, 5.74) is -0.405. The summed E-state index contributed by atoms with van der Waals surface area (Å²) >= 11 is 1.48. The van der Waals surface area contributed by atoms with E-state index in [9.17, 15) is 9.59 Å². The van der Waals surface area contributed by atoms with Gasteiger partial charge in [0.25, 0.3) is 5.91 Å². The van der Waals surface area contributed by atoms with Gasteiger partial charge in [0.15, 0.2) is 5.78 Å². The van der Waals surface area contributed by atoms with Gasteiger partial charge >= 0.3 is 0 Å². The molecule has 0 radical (unpaired) electrons. The summed E-state index contributed by atoms with van der Waals surface area (Å²) in [6.45, 7) is 7.70. The van der Waals surface area contributed by atoms with Gasteiger partial charge in [-0.25, -0.2) is 0 Å². The molecule has 0 aliphatic rings. The fourth-order valence-corrected chi connectivity index (χ4v) is 2.07. The maximum absolute atomic E-state index is 11.8. The molecule has 1 N–H and O–H groups in total. The van der Waals surface area contributed by atoms with Gasteiger partial charge in [-0.2, -0.15) is 0 Å². The summed E-state index contributed by atoms with van der Waals surface area (Å²) < 4.78 is 0. The number of hydrogen-bond donors (Lipinski definition) is 1. The molecule has 1 rings (SSSR count). The van der Waals surface area contributed by atoms with E-state index in [4.69, 9.17) is 0 Å². The van der Waals surface area contributed by atoms with Crippen molar-refractivity contribution in [3.63, 3.8) is 0 Å². The van der Waals surface area contributed by atoms with Crippen LogP contribution in [-0.2, 0) is 11.2 Å². The zero-order valence-electron chi connectivity index (χ0n) is 10.8. The first-order valence-corrected chi connectivity index (χ1v) is 6.56. The van der Waals surface area contributed by atoms with Crippen molar-refractivity contribution in [2.75, 3.05) is 6.54 Å². The molecule has 0 aliphatic carbocycles. The third-order valence-electron chi connectivity index (χ3n) is 2.48. The third kappa shape index (κ3) is 3.97. The largest absolute Gasteiger partial charge is 0.344 e. The fraction of sp³-hybridized carbons (Fsp3) is 0.538. The van der Waals surface area contributed by atoms with E-state index in [0.29, 0.717) is 4.88 Å². The van der Waals surface area contributed by atoms with Gasteiger partial charge in [-0.15, -0.1) is 11.3 Å². The number of amides is 1. The van der Waals surface area contributed by atoms with Crippen molar-refractivity contribution in [3.8, 4) is 0 Å². The molecule has 1 aromatic heterocycles. The van der Waals surface area contributed by atoms with E-state index < -0.39 is 5.41 Å². The lowest BCUT2D eigenvalue weighted by molar-refractivity contribution is -0.125. The van der Waals surface area contributed by atoms with Crippen molar-refractivity contribution in [2.45, 2.75) is 34.1 Å². The summed E-state index contributed by atoms with van der Waals surface area (Å²) in [6, 6.07) is 3.76. The highest BCUT2D eigenvalue weighted by atomic mass is 32.1. The van der Waals surface area contributed by atoms with Crippen LogP contribution in [0.5, 0.6) is 0 Å². The molecule has 0 fully saturated rings. The number of thiophene rings is 1. The Morgan fingerprint density at radius 2 is 1.94 bits per heavy atom. The van der Waals surface area contributed by atoms with E-state index in [1.54, 1.807) is 6.07 Å². The first kappa shape index (κ1) is 13.9. The number of Topliss-reactive ketones (excluding diaryl/α,β-unsaturated/α-hetero) is 1. The van der Waals surface area contributed by atoms with E-state index in [1.807, 2.05) is 26.8 Å². The Morgan fingerprint density at radius 1 is 1.29 bits per heavy atom. The quantitative estimate of drug-likeness (QED) is 0.896. The molecule has 1 aromatic rings. The van der Waals surface area contributed by atoms with E-state index in [1.165, 1.54) is 16.2 Å². The maximum Gasteiger partial charge on any atom is 0.261 e. The van der Waals surface area contributed by atoms with Gasteiger partial charge in [0.1, 0.15) is 0 Å². The number of ketones is 1. The number of rotatable bonds is 4. The molecular weight excluding hydrogens is 234 g/mol. The van der Waals surface area contributed by atoms with Gasteiger partial charge < -0.3 is 5.32 Å². The predicted molar refractivity (Wildman–Crippen MR) is 70.5 cm³/mol. The zero-order valence-corrected chi connectivity index (χ0v) is 11.6. The van der Waals surface area contributed by atoms with Crippen LogP contribution in [0, 0.1) is 5.41 Å². The second-order valence-electron chi connectivity index (χ2n) is 4.98. The van der Waals surface area contributed by atoms with E-state index in [2.05, 4.69) is 12.2 Å².